The number of hydrogen-bond acceptors (Lipinski definition) is 4. The molecule has 86 valence electrons. The molecule has 1 aliphatic rings. The molecule has 0 atom stereocenters. The van der Waals surface area contributed by atoms with Gasteiger partial charge in [-0.3, -0.25) is 14.9 Å². The fraction of sp³-hybridized carbons (Fsp3) is 0.167. The molecule has 3 heterocycles. The van der Waals surface area contributed by atoms with Crippen molar-refractivity contribution in [2.24, 2.45) is 0 Å². The highest BCUT2D eigenvalue weighted by atomic mass is 32.1. The Morgan fingerprint density at radius 1 is 1.00 bits per heavy atom. The van der Waals surface area contributed by atoms with Gasteiger partial charge in [0, 0.05) is 10.3 Å². The fourth-order valence-electron chi connectivity index (χ4n) is 1.88. The minimum atomic E-state index is -0.279. The number of thiophene rings is 2. The molecular formula is C12H9NO2S2. The van der Waals surface area contributed by atoms with Crippen LogP contribution in [0.4, 0.5) is 0 Å². The molecule has 0 spiro atoms. The molecule has 17 heavy (non-hydrogen) atoms. The number of imide groups is 1. The first kappa shape index (κ1) is 10.7. The molecule has 1 aliphatic heterocycles. The molecule has 0 unspecified atom stereocenters. The molecule has 3 rings (SSSR count). The van der Waals surface area contributed by atoms with E-state index < -0.39 is 0 Å². The van der Waals surface area contributed by atoms with Crippen molar-refractivity contribution in [3.63, 3.8) is 0 Å². The summed E-state index contributed by atoms with van der Waals surface area (Å²) in [4.78, 5) is 25.2. The van der Waals surface area contributed by atoms with Crippen LogP contribution in [-0.4, -0.2) is 11.8 Å². The number of fused-ring (bicyclic) bond motifs is 1. The average molecular weight is 263 g/mol. The van der Waals surface area contributed by atoms with Crippen molar-refractivity contribution < 1.29 is 9.59 Å². The second kappa shape index (κ2) is 3.51. The van der Waals surface area contributed by atoms with Crippen molar-refractivity contribution in [2.75, 3.05) is 0 Å². The number of hydrogen-bond donors (Lipinski definition) is 1. The number of rotatable bonds is 1. The SMILES string of the molecule is Cc1csc(-c2scc3c2C(=O)NC3=O)c1C. The molecule has 0 aliphatic carbocycles. The lowest BCUT2D eigenvalue weighted by molar-refractivity contribution is 0.0880. The minimum absolute atomic E-state index is 0.272. The Kier molecular flexibility index (Phi) is 2.21. The van der Waals surface area contributed by atoms with Crippen LogP contribution < -0.4 is 5.32 Å². The normalized spacial score (nSPS) is 14.0. The summed E-state index contributed by atoms with van der Waals surface area (Å²) in [5, 5.41) is 6.17. The highest BCUT2D eigenvalue weighted by Gasteiger charge is 2.32. The lowest BCUT2D eigenvalue weighted by Crippen LogP contribution is -2.20. The third-order valence-corrected chi connectivity index (χ3v) is 5.33. The Balaban J connectivity index is 2.25. The molecule has 5 heteroatoms. The van der Waals surface area contributed by atoms with Crippen LogP contribution in [0, 0.1) is 13.8 Å². The Bertz CT molecular complexity index is 652. The van der Waals surface area contributed by atoms with Crippen molar-refractivity contribution in [3.05, 3.63) is 33.0 Å². The topological polar surface area (TPSA) is 46.2 Å². The summed E-state index contributed by atoms with van der Waals surface area (Å²) >= 11 is 3.09. The van der Waals surface area contributed by atoms with Crippen LogP contribution in [0.25, 0.3) is 9.75 Å². The molecule has 0 saturated heterocycles. The van der Waals surface area contributed by atoms with Crippen LogP contribution in [-0.2, 0) is 0 Å². The number of nitrogens with one attached hydrogen (secondary N) is 1. The third-order valence-electron chi connectivity index (χ3n) is 2.98. The predicted molar refractivity (Wildman–Crippen MR) is 68.9 cm³/mol. The maximum absolute atomic E-state index is 11.7. The van der Waals surface area contributed by atoms with Gasteiger partial charge in [0.05, 0.1) is 16.0 Å². The quantitative estimate of drug-likeness (QED) is 0.804. The van der Waals surface area contributed by atoms with Gasteiger partial charge in [-0.05, 0) is 30.4 Å². The van der Waals surface area contributed by atoms with Crippen LogP contribution in [0.15, 0.2) is 10.8 Å². The van der Waals surface area contributed by atoms with Gasteiger partial charge in [-0.2, -0.15) is 0 Å². The van der Waals surface area contributed by atoms with Gasteiger partial charge in [0.2, 0.25) is 0 Å². The summed E-state index contributed by atoms with van der Waals surface area (Å²) in [6, 6.07) is 0. The smallest absolute Gasteiger partial charge is 0.260 e. The van der Waals surface area contributed by atoms with E-state index in [2.05, 4.69) is 10.7 Å². The Morgan fingerprint density at radius 2 is 1.71 bits per heavy atom. The number of aryl methyl sites for hydroxylation is 1. The maximum Gasteiger partial charge on any atom is 0.260 e. The maximum atomic E-state index is 11.7. The van der Waals surface area contributed by atoms with Gasteiger partial charge in [0.1, 0.15) is 0 Å². The molecule has 1 N–H and O–H groups in total. The Labute approximate surface area is 106 Å². The number of amides is 2. The molecule has 0 aromatic carbocycles. The standard InChI is InChI=1S/C12H9NO2S2/c1-5-3-16-9(6(5)2)10-8-7(4-17-10)11(14)13-12(8)15/h3-4H,1-2H3,(H,13,14,15). The zero-order valence-electron chi connectivity index (χ0n) is 9.29. The van der Waals surface area contributed by atoms with Crippen molar-refractivity contribution in [2.45, 2.75) is 13.8 Å². The average Bonchev–Trinajstić information content (AvgIpc) is 2.90. The second-order valence-electron chi connectivity index (χ2n) is 4.01. The number of carbonyl (C=O) groups excluding carboxylic acids is 2. The van der Waals surface area contributed by atoms with Crippen LogP contribution in [0.2, 0.25) is 0 Å². The highest BCUT2D eigenvalue weighted by molar-refractivity contribution is 7.21. The third kappa shape index (κ3) is 1.39. The first-order chi connectivity index (χ1) is 8.09. The molecule has 0 radical (unpaired) electrons. The zero-order chi connectivity index (χ0) is 12.2. The molecule has 0 fully saturated rings. The van der Waals surface area contributed by atoms with Gasteiger partial charge in [-0.25, -0.2) is 0 Å². The molecule has 0 saturated carbocycles. The van der Waals surface area contributed by atoms with E-state index in [-0.39, 0.29) is 11.8 Å². The van der Waals surface area contributed by atoms with E-state index in [1.54, 1.807) is 16.7 Å². The summed E-state index contributed by atoms with van der Waals surface area (Å²) in [5.41, 5.74) is 3.47. The summed E-state index contributed by atoms with van der Waals surface area (Å²) < 4.78 is 0. The highest BCUT2D eigenvalue weighted by Crippen LogP contribution is 2.40. The van der Waals surface area contributed by atoms with E-state index in [0.717, 1.165) is 9.75 Å². The first-order valence-corrected chi connectivity index (χ1v) is 6.87. The lowest BCUT2D eigenvalue weighted by atomic mass is 10.1. The van der Waals surface area contributed by atoms with Crippen molar-refractivity contribution >= 4 is 34.5 Å². The largest absolute Gasteiger partial charge is 0.288 e. The van der Waals surface area contributed by atoms with Gasteiger partial charge in [0.25, 0.3) is 11.8 Å². The fourth-order valence-corrected chi connectivity index (χ4v) is 4.23. The Morgan fingerprint density at radius 3 is 2.35 bits per heavy atom. The van der Waals surface area contributed by atoms with Crippen molar-refractivity contribution in [3.8, 4) is 9.75 Å². The minimum Gasteiger partial charge on any atom is -0.288 e. The van der Waals surface area contributed by atoms with E-state index in [9.17, 15) is 9.59 Å². The van der Waals surface area contributed by atoms with Gasteiger partial charge >= 0.3 is 0 Å². The molecule has 0 bridgehead atoms. The molecule has 2 aromatic heterocycles. The Hall–Kier alpha value is -1.46. The second-order valence-corrected chi connectivity index (χ2v) is 5.77. The molecular weight excluding hydrogens is 254 g/mol. The summed E-state index contributed by atoms with van der Waals surface area (Å²) in [6.45, 7) is 4.09. The molecule has 3 nitrogen and oxygen atoms in total. The van der Waals surface area contributed by atoms with Crippen LogP contribution in [0.3, 0.4) is 0 Å². The molecule has 2 aromatic rings. The predicted octanol–water partition coefficient (Wildman–Crippen LogP) is 2.98. The van der Waals surface area contributed by atoms with E-state index in [1.165, 1.54) is 22.5 Å². The van der Waals surface area contributed by atoms with Crippen LogP contribution >= 0.6 is 22.7 Å². The van der Waals surface area contributed by atoms with Crippen LogP contribution in [0.5, 0.6) is 0 Å². The van der Waals surface area contributed by atoms with Crippen molar-refractivity contribution in [1.82, 2.24) is 5.32 Å². The van der Waals surface area contributed by atoms with E-state index >= 15 is 0 Å². The van der Waals surface area contributed by atoms with E-state index in [0.29, 0.717) is 11.1 Å². The summed E-state index contributed by atoms with van der Waals surface area (Å²) in [7, 11) is 0. The van der Waals surface area contributed by atoms with E-state index in [1.807, 2.05) is 13.8 Å². The first-order valence-electron chi connectivity index (χ1n) is 5.12. The van der Waals surface area contributed by atoms with E-state index in [4.69, 9.17) is 0 Å². The van der Waals surface area contributed by atoms with Crippen LogP contribution in [0.1, 0.15) is 31.8 Å². The van der Waals surface area contributed by atoms with Gasteiger partial charge in [-0.1, -0.05) is 0 Å². The van der Waals surface area contributed by atoms with Gasteiger partial charge in [-0.15, -0.1) is 22.7 Å². The van der Waals surface area contributed by atoms with Crippen molar-refractivity contribution in [1.29, 1.82) is 0 Å². The van der Waals surface area contributed by atoms with Gasteiger partial charge in [0.15, 0.2) is 0 Å². The lowest BCUT2D eigenvalue weighted by Gasteiger charge is -1.99. The molecule has 2 amide bonds. The zero-order valence-corrected chi connectivity index (χ0v) is 10.9. The number of carbonyl (C=O) groups is 2. The summed E-state index contributed by atoms with van der Waals surface area (Å²) in [5.74, 6) is -0.551. The monoisotopic (exact) mass is 263 g/mol. The summed E-state index contributed by atoms with van der Waals surface area (Å²) in [6.07, 6.45) is 0. The van der Waals surface area contributed by atoms with Gasteiger partial charge < -0.3 is 0 Å².